The maximum Gasteiger partial charge on any atom is 0.204 e. The highest BCUT2D eigenvalue weighted by Crippen LogP contribution is 2.46. The van der Waals surface area contributed by atoms with Gasteiger partial charge in [-0.15, -0.1) is 0 Å². The van der Waals surface area contributed by atoms with Gasteiger partial charge in [0.05, 0.1) is 34.4 Å². The molecule has 38 heavy (non-hydrogen) atoms. The fourth-order valence-electron chi connectivity index (χ4n) is 4.26. The Morgan fingerprint density at radius 1 is 0.921 bits per heavy atom. The van der Waals surface area contributed by atoms with Gasteiger partial charge in [-0.2, -0.15) is 0 Å². The van der Waals surface area contributed by atoms with Crippen LogP contribution in [0.5, 0.6) is 46.0 Å². The van der Waals surface area contributed by atoms with E-state index in [-0.39, 0.29) is 63.8 Å². The number of hydrogen-bond donors (Lipinski definition) is 5. The topological polar surface area (TPSA) is 164 Å². The van der Waals surface area contributed by atoms with Crippen molar-refractivity contribution in [3.63, 3.8) is 0 Å². The molecule has 202 valence electrons. The molecule has 0 amide bonds. The molecule has 11 nitrogen and oxygen atoms in total. The zero-order chi connectivity index (χ0) is 27.6. The molecule has 0 radical (unpaired) electrons. The molecule has 11 heteroatoms. The third-order valence-electron chi connectivity index (χ3n) is 6.19. The molecule has 3 atom stereocenters. The number of Topliss-reactive ketones (excluding diaryl/α,β-unsaturated/α-hetero) is 1. The van der Waals surface area contributed by atoms with Crippen LogP contribution in [0.2, 0.25) is 0 Å². The summed E-state index contributed by atoms with van der Waals surface area (Å²) < 4.78 is 27.9. The summed E-state index contributed by atoms with van der Waals surface area (Å²) in [4.78, 5) is 12.7. The number of phenolic OH excluding ortho intramolecular Hbond substituents is 3. The highest BCUT2D eigenvalue weighted by atomic mass is 16.6. The van der Waals surface area contributed by atoms with Crippen LogP contribution in [0.1, 0.15) is 40.1 Å². The molecule has 5 N–H and O–H groups in total. The molecule has 0 fully saturated rings. The highest BCUT2D eigenvalue weighted by molar-refractivity contribution is 6.02. The van der Waals surface area contributed by atoms with Crippen molar-refractivity contribution >= 4 is 5.78 Å². The molecule has 0 aromatic heterocycles. The van der Waals surface area contributed by atoms with Gasteiger partial charge in [0.25, 0.3) is 0 Å². The number of fused-ring (bicyclic) bond motifs is 1. The minimum absolute atomic E-state index is 0.0106. The molecule has 0 unspecified atom stereocenters. The number of hydrogen-bond acceptors (Lipinski definition) is 11. The summed E-state index contributed by atoms with van der Waals surface area (Å²) in [6, 6.07) is 9.69. The van der Waals surface area contributed by atoms with Crippen molar-refractivity contribution in [2.75, 3.05) is 27.9 Å². The van der Waals surface area contributed by atoms with Gasteiger partial charge in [-0.25, -0.2) is 0 Å². The Morgan fingerprint density at radius 2 is 1.58 bits per heavy atom. The number of carbonyl (C=O) groups excluding carboxylic acids is 1. The first-order chi connectivity index (χ1) is 18.2. The van der Waals surface area contributed by atoms with Crippen molar-refractivity contribution < 1.29 is 54.0 Å². The maximum atomic E-state index is 12.7. The average molecular weight is 529 g/mol. The molecular formula is C27H28O11. The lowest BCUT2D eigenvalue weighted by atomic mass is 9.95. The van der Waals surface area contributed by atoms with Gasteiger partial charge in [-0.3, -0.25) is 4.79 Å². The summed E-state index contributed by atoms with van der Waals surface area (Å²) in [5, 5.41) is 50.6. The maximum absolute atomic E-state index is 12.7. The number of methoxy groups -OCH3 is 3. The molecule has 1 aliphatic rings. The smallest absolute Gasteiger partial charge is 0.204 e. The molecule has 4 rings (SSSR count). The third-order valence-corrected chi connectivity index (χ3v) is 6.19. The molecule has 3 aromatic carbocycles. The van der Waals surface area contributed by atoms with Crippen LogP contribution >= 0.6 is 0 Å². The Kier molecular flexibility index (Phi) is 7.70. The molecule has 0 aliphatic carbocycles. The Hall–Kier alpha value is -4.35. The number of rotatable bonds is 9. The van der Waals surface area contributed by atoms with Crippen molar-refractivity contribution in [2.45, 2.75) is 24.7 Å². The van der Waals surface area contributed by atoms with E-state index in [1.807, 2.05) is 0 Å². The number of ether oxygens (including phenoxy) is 5. The zero-order valence-corrected chi connectivity index (χ0v) is 20.9. The van der Waals surface area contributed by atoms with E-state index in [1.165, 1.54) is 45.6 Å². The van der Waals surface area contributed by atoms with Crippen LogP contribution in [-0.2, 0) is 0 Å². The number of carbonyl (C=O) groups is 1. The first-order valence-electron chi connectivity index (χ1n) is 11.5. The molecule has 3 aromatic rings. The fourth-order valence-corrected chi connectivity index (χ4v) is 4.26. The number of ketones is 1. The lowest BCUT2D eigenvalue weighted by Gasteiger charge is -2.28. The van der Waals surface area contributed by atoms with Crippen molar-refractivity contribution in [3.05, 3.63) is 59.2 Å². The molecule has 0 saturated carbocycles. The van der Waals surface area contributed by atoms with E-state index >= 15 is 0 Å². The van der Waals surface area contributed by atoms with Crippen LogP contribution in [0.15, 0.2) is 42.5 Å². The monoisotopic (exact) mass is 528 g/mol. The van der Waals surface area contributed by atoms with Crippen molar-refractivity contribution in [3.8, 4) is 46.0 Å². The van der Waals surface area contributed by atoms with Crippen molar-refractivity contribution in [2.24, 2.45) is 0 Å². The average Bonchev–Trinajstić information content (AvgIpc) is 2.90. The Labute approximate surface area is 218 Å². The Morgan fingerprint density at radius 3 is 2.18 bits per heavy atom. The minimum atomic E-state index is -1.32. The van der Waals surface area contributed by atoms with Gasteiger partial charge >= 0.3 is 0 Å². The van der Waals surface area contributed by atoms with E-state index in [9.17, 15) is 30.3 Å². The fraction of sp³-hybridized carbons (Fsp3) is 0.296. The Bertz CT molecular complexity index is 1310. The number of aromatic hydroxyl groups is 3. The Balaban J connectivity index is 1.66. The number of aliphatic hydroxyl groups excluding tert-OH is 2. The largest absolute Gasteiger partial charge is 0.508 e. The molecule has 0 spiro atoms. The standard InChI is InChI=1S/C27H28O11/c1-34-20-6-13(4-5-16(20)30)26(33)24(12-28)38-27-22(35-2)7-14(8-23(27)36-3)19-11-18(32)25-17(31)9-15(29)10-21(25)37-19/h4-10,19,24,26,28-31,33H,11-12H2,1-3H3/t19-,24+,26+/m0/s1. The van der Waals surface area contributed by atoms with E-state index in [0.29, 0.717) is 11.1 Å². The van der Waals surface area contributed by atoms with E-state index in [2.05, 4.69) is 0 Å². The van der Waals surface area contributed by atoms with Crippen LogP contribution in [0.25, 0.3) is 0 Å². The van der Waals surface area contributed by atoms with Crippen LogP contribution in [0.4, 0.5) is 0 Å². The van der Waals surface area contributed by atoms with Crippen LogP contribution < -0.4 is 23.7 Å². The lowest BCUT2D eigenvalue weighted by Crippen LogP contribution is -2.29. The van der Waals surface area contributed by atoms with Gasteiger partial charge in [0.2, 0.25) is 5.75 Å². The van der Waals surface area contributed by atoms with Gasteiger partial charge in [0.15, 0.2) is 34.9 Å². The molecule has 1 aliphatic heterocycles. The van der Waals surface area contributed by atoms with Gasteiger partial charge in [0.1, 0.15) is 35.0 Å². The van der Waals surface area contributed by atoms with Crippen molar-refractivity contribution in [1.29, 1.82) is 0 Å². The molecule has 0 saturated heterocycles. The van der Waals surface area contributed by atoms with Crippen LogP contribution in [0.3, 0.4) is 0 Å². The van der Waals surface area contributed by atoms with E-state index in [4.69, 9.17) is 23.7 Å². The van der Waals surface area contributed by atoms with Gasteiger partial charge in [-0.1, -0.05) is 6.07 Å². The molecule has 0 bridgehead atoms. The van der Waals surface area contributed by atoms with E-state index < -0.39 is 24.9 Å². The first-order valence-corrected chi connectivity index (χ1v) is 11.5. The lowest BCUT2D eigenvalue weighted by molar-refractivity contribution is -0.00180. The second-order valence-corrected chi connectivity index (χ2v) is 8.54. The quantitative estimate of drug-likeness (QED) is 0.277. The second kappa shape index (κ2) is 11.0. The van der Waals surface area contributed by atoms with E-state index in [1.54, 1.807) is 12.1 Å². The number of phenols is 3. The summed E-state index contributed by atoms with van der Waals surface area (Å²) in [6.07, 6.45) is -3.38. The summed E-state index contributed by atoms with van der Waals surface area (Å²) >= 11 is 0. The summed E-state index contributed by atoms with van der Waals surface area (Å²) in [5.74, 6) is -0.503. The summed E-state index contributed by atoms with van der Waals surface area (Å²) in [6.45, 7) is -0.581. The second-order valence-electron chi connectivity index (χ2n) is 8.54. The zero-order valence-electron chi connectivity index (χ0n) is 20.9. The minimum Gasteiger partial charge on any atom is -0.508 e. The molecular weight excluding hydrogens is 500 g/mol. The predicted octanol–water partition coefficient (Wildman–Crippen LogP) is 3.01. The molecule has 1 heterocycles. The van der Waals surface area contributed by atoms with Gasteiger partial charge < -0.3 is 49.2 Å². The highest BCUT2D eigenvalue weighted by Gasteiger charge is 2.33. The predicted molar refractivity (Wildman–Crippen MR) is 133 cm³/mol. The van der Waals surface area contributed by atoms with Gasteiger partial charge in [0, 0.05) is 17.7 Å². The SMILES string of the molecule is COc1cc([C@@H](O)[C@@H](CO)Oc2c(OC)cc([C@@H]3CC(=O)c4c(O)cc(O)cc4O3)cc2OC)ccc1O. The van der Waals surface area contributed by atoms with E-state index in [0.717, 1.165) is 6.07 Å². The number of aliphatic hydroxyl groups is 2. The third kappa shape index (κ3) is 5.06. The van der Waals surface area contributed by atoms with Gasteiger partial charge in [-0.05, 0) is 29.8 Å². The first kappa shape index (κ1) is 26.7. The van der Waals surface area contributed by atoms with Crippen molar-refractivity contribution in [1.82, 2.24) is 0 Å². The summed E-state index contributed by atoms with van der Waals surface area (Å²) in [7, 11) is 4.15. The normalized spacial score (nSPS) is 16.1. The number of benzene rings is 3. The van der Waals surface area contributed by atoms with Crippen LogP contribution in [-0.4, -0.2) is 65.4 Å². The van der Waals surface area contributed by atoms with Crippen LogP contribution in [0, 0.1) is 0 Å². The summed E-state index contributed by atoms with van der Waals surface area (Å²) in [5.41, 5.74) is 0.799.